The maximum atomic E-state index is 12.9. The van der Waals surface area contributed by atoms with E-state index in [1.54, 1.807) is 18.2 Å². The molecule has 2 N–H and O–H groups in total. The van der Waals surface area contributed by atoms with E-state index < -0.39 is 0 Å². The van der Waals surface area contributed by atoms with Crippen LogP contribution in [0.2, 0.25) is 0 Å². The lowest BCUT2D eigenvalue weighted by Gasteiger charge is -2.17. The average Bonchev–Trinajstić information content (AvgIpc) is 3.00. The molecule has 1 aromatic carbocycles. The number of nitrogens with zero attached hydrogens (tertiary/aromatic N) is 2. The fourth-order valence-corrected chi connectivity index (χ4v) is 3.77. The Labute approximate surface area is 148 Å². The molecule has 1 aromatic heterocycles. The smallest absolute Gasteiger partial charge is 0.233 e. The molecule has 0 aliphatic rings. The lowest BCUT2D eigenvalue weighted by atomic mass is 10.1. The fraction of sp³-hybridized carbons (Fsp3) is 0.312. The summed E-state index contributed by atoms with van der Waals surface area (Å²) in [5.41, 5.74) is 0.855. The van der Waals surface area contributed by atoms with Crippen molar-refractivity contribution >= 4 is 34.1 Å². The highest BCUT2D eigenvalue weighted by Crippen LogP contribution is 2.29. The normalized spacial score (nSPS) is 13.1. The molecule has 0 aliphatic carbocycles. The van der Waals surface area contributed by atoms with Gasteiger partial charge in [-0.1, -0.05) is 41.3 Å². The lowest BCUT2D eigenvalue weighted by Crippen LogP contribution is -2.33. The Morgan fingerprint density at radius 1 is 1.38 bits per heavy atom. The molecule has 0 fully saturated rings. The van der Waals surface area contributed by atoms with Crippen molar-refractivity contribution in [3.63, 3.8) is 0 Å². The summed E-state index contributed by atoms with van der Waals surface area (Å²) in [6, 6.07) is 5.91. The summed E-state index contributed by atoms with van der Waals surface area (Å²) in [5.74, 6) is -0.397. The third-order valence-corrected chi connectivity index (χ3v) is 5.24. The van der Waals surface area contributed by atoms with Crippen molar-refractivity contribution in [2.24, 2.45) is 0 Å². The second-order valence-corrected chi connectivity index (χ2v) is 7.65. The number of aromatic nitrogens is 2. The van der Waals surface area contributed by atoms with Crippen molar-refractivity contribution in [1.82, 2.24) is 15.5 Å². The van der Waals surface area contributed by atoms with Gasteiger partial charge in [-0.3, -0.25) is 4.79 Å². The minimum atomic E-state index is -0.312. The van der Waals surface area contributed by atoms with Gasteiger partial charge in [-0.15, -0.1) is 16.8 Å². The summed E-state index contributed by atoms with van der Waals surface area (Å²) in [4.78, 5) is 12.3. The van der Waals surface area contributed by atoms with E-state index in [1.165, 1.54) is 35.2 Å². The van der Waals surface area contributed by atoms with Crippen molar-refractivity contribution in [3.8, 4) is 0 Å². The van der Waals surface area contributed by atoms with Crippen LogP contribution in [0.15, 0.2) is 41.3 Å². The Balaban J connectivity index is 1.88. The summed E-state index contributed by atoms with van der Waals surface area (Å²) >= 11 is 2.75. The monoisotopic (exact) mass is 366 g/mol. The van der Waals surface area contributed by atoms with E-state index in [-0.39, 0.29) is 23.0 Å². The molecule has 0 spiro atoms. The second kappa shape index (κ2) is 8.79. The molecule has 0 bridgehead atoms. The first-order valence-electron chi connectivity index (χ1n) is 7.40. The molecule has 0 radical (unpaired) electrons. The third-order valence-electron chi connectivity index (χ3n) is 3.18. The molecule has 2 aromatic rings. The van der Waals surface area contributed by atoms with Crippen LogP contribution in [0, 0.1) is 5.82 Å². The average molecular weight is 366 g/mol. The number of halogens is 1. The van der Waals surface area contributed by atoms with Gasteiger partial charge in [0.15, 0.2) is 4.34 Å². The van der Waals surface area contributed by atoms with Crippen LogP contribution in [0.1, 0.15) is 25.5 Å². The van der Waals surface area contributed by atoms with E-state index in [1.807, 2.05) is 13.8 Å². The number of carbonyl (C=O) groups is 1. The Hall–Kier alpha value is -1.93. The minimum Gasteiger partial charge on any atom is -0.357 e. The molecule has 2 rings (SSSR count). The van der Waals surface area contributed by atoms with E-state index in [2.05, 4.69) is 27.4 Å². The molecule has 0 saturated carbocycles. The van der Waals surface area contributed by atoms with E-state index in [0.29, 0.717) is 11.7 Å². The van der Waals surface area contributed by atoms with Crippen LogP contribution in [-0.4, -0.2) is 27.9 Å². The maximum Gasteiger partial charge on any atom is 0.233 e. The van der Waals surface area contributed by atoms with Crippen molar-refractivity contribution in [2.45, 2.75) is 29.5 Å². The van der Waals surface area contributed by atoms with Crippen LogP contribution in [0.4, 0.5) is 9.52 Å². The zero-order valence-electron chi connectivity index (χ0n) is 13.5. The highest BCUT2D eigenvalue weighted by molar-refractivity contribution is 8.02. The number of nitrogens with one attached hydrogen (secondary N) is 2. The Bertz CT molecular complexity index is 690. The number of hydrogen-bond donors (Lipinski definition) is 2. The summed E-state index contributed by atoms with van der Waals surface area (Å²) in [6.07, 6.45) is 1.74. The second-order valence-electron chi connectivity index (χ2n) is 5.08. The maximum absolute atomic E-state index is 12.9. The number of amides is 1. The van der Waals surface area contributed by atoms with Crippen molar-refractivity contribution in [3.05, 3.63) is 48.3 Å². The van der Waals surface area contributed by atoms with Crippen LogP contribution >= 0.6 is 23.1 Å². The first-order chi connectivity index (χ1) is 11.5. The predicted octanol–water partition coefficient (Wildman–Crippen LogP) is 3.63. The van der Waals surface area contributed by atoms with Gasteiger partial charge in [0, 0.05) is 6.54 Å². The molecule has 2 atom stereocenters. The number of anilines is 1. The summed E-state index contributed by atoms with van der Waals surface area (Å²) in [7, 11) is 0. The van der Waals surface area contributed by atoms with Gasteiger partial charge in [0.2, 0.25) is 11.0 Å². The number of benzene rings is 1. The van der Waals surface area contributed by atoms with Crippen LogP contribution in [0.25, 0.3) is 0 Å². The van der Waals surface area contributed by atoms with Crippen LogP contribution in [-0.2, 0) is 4.79 Å². The van der Waals surface area contributed by atoms with Crippen LogP contribution in [0.3, 0.4) is 0 Å². The summed E-state index contributed by atoms with van der Waals surface area (Å²) < 4.78 is 13.7. The van der Waals surface area contributed by atoms with Crippen molar-refractivity contribution in [1.29, 1.82) is 0 Å². The van der Waals surface area contributed by atoms with Gasteiger partial charge < -0.3 is 10.6 Å². The molecule has 1 heterocycles. The van der Waals surface area contributed by atoms with Gasteiger partial charge in [0.05, 0.1) is 11.3 Å². The van der Waals surface area contributed by atoms with E-state index in [9.17, 15) is 9.18 Å². The standard InChI is InChI=1S/C16H19FN4OS2/c1-4-9-18-15-20-21-16(24-15)23-11(3)14(22)19-10(2)12-5-7-13(17)8-6-12/h4-8,10-11H,1,9H2,2-3H3,(H,18,20)(H,19,22)/t10-,11-/m0/s1. The Morgan fingerprint density at radius 3 is 2.75 bits per heavy atom. The summed E-state index contributed by atoms with van der Waals surface area (Å²) in [5, 5.41) is 14.4. The topological polar surface area (TPSA) is 66.9 Å². The Kier molecular flexibility index (Phi) is 6.74. The first-order valence-corrected chi connectivity index (χ1v) is 9.10. The van der Waals surface area contributed by atoms with E-state index in [4.69, 9.17) is 0 Å². The lowest BCUT2D eigenvalue weighted by molar-refractivity contribution is -0.120. The van der Waals surface area contributed by atoms with Gasteiger partial charge in [-0.25, -0.2) is 4.39 Å². The SMILES string of the molecule is C=CCNc1nnc(S[C@@H](C)C(=O)N[C@@H](C)c2ccc(F)cc2)s1. The number of rotatable bonds is 8. The molecular weight excluding hydrogens is 347 g/mol. The zero-order chi connectivity index (χ0) is 17.5. The molecule has 128 valence electrons. The third kappa shape index (κ3) is 5.31. The molecule has 0 saturated heterocycles. The van der Waals surface area contributed by atoms with E-state index >= 15 is 0 Å². The molecule has 5 nitrogen and oxygen atoms in total. The highest BCUT2D eigenvalue weighted by atomic mass is 32.2. The number of carbonyl (C=O) groups excluding carboxylic acids is 1. The summed E-state index contributed by atoms with van der Waals surface area (Å²) in [6.45, 7) is 7.92. The largest absolute Gasteiger partial charge is 0.357 e. The van der Waals surface area contributed by atoms with Crippen molar-refractivity contribution < 1.29 is 9.18 Å². The predicted molar refractivity (Wildman–Crippen MR) is 96.9 cm³/mol. The Morgan fingerprint density at radius 2 is 2.08 bits per heavy atom. The van der Waals surface area contributed by atoms with Gasteiger partial charge in [-0.05, 0) is 31.5 Å². The number of thioether (sulfide) groups is 1. The molecule has 0 unspecified atom stereocenters. The highest BCUT2D eigenvalue weighted by Gasteiger charge is 2.19. The zero-order valence-corrected chi connectivity index (χ0v) is 15.1. The van der Waals surface area contributed by atoms with Gasteiger partial charge in [0.1, 0.15) is 5.82 Å². The van der Waals surface area contributed by atoms with Gasteiger partial charge in [0.25, 0.3) is 0 Å². The molecule has 24 heavy (non-hydrogen) atoms. The molecule has 1 amide bonds. The fourth-order valence-electron chi connectivity index (χ4n) is 1.86. The first kappa shape index (κ1) is 18.4. The van der Waals surface area contributed by atoms with Gasteiger partial charge >= 0.3 is 0 Å². The van der Waals surface area contributed by atoms with Crippen LogP contribution < -0.4 is 10.6 Å². The molecule has 0 aliphatic heterocycles. The van der Waals surface area contributed by atoms with Crippen molar-refractivity contribution in [2.75, 3.05) is 11.9 Å². The molecule has 8 heteroatoms. The van der Waals surface area contributed by atoms with E-state index in [0.717, 1.165) is 9.90 Å². The molecular formula is C16H19FN4OS2. The van der Waals surface area contributed by atoms with Crippen LogP contribution in [0.5, 0.6) is 0 Å². The van der Waals surface area contributed by atoms with Gasteiger partial charge in [-0.2, -0.15) is 0 Å². The number of hydrogen-bond acceptors (Lipinski definition) is 6. The minimum absolute atomic E-state index is 0.104. The quantitative estimate of drug-likeness (QED) is 0.552.